The van der Waals surface area contributed by atoms with Crippen LogP contribution >= 0.6 is 11.3 Å². The lowest BCUT2D eigenvalue weighted by Gasteiger charge is -2.07. The second-order valence-electron chi connectivity index (χ2n) is 4.83. The van der Waals surface area contributed by atoms with E-state index in [0.717, 1.165) is 0 Å². The SMILES string of the molecule is CC(=O)c1csc(C(=O)Nc2ccc(-n3cccn3)c(F)c2)c1. The first-order valence-corrected chi connectivity index (χ1v) is 7.63. The van der Waals surface area contributed by atoms with Gasteiger partial charge < -0.3 is 5.32 Å². The molecule has 2 aromatic heterocycles. The van der Waals surface area contributed by atoms with E-state index in [0.29, 0.717) is 21.8 Å². The molecule has 3 aromatic rings. The number of carbonyl (C=O) groups excluding carboxylic acids is 2. The maximum Gasteiger partial charge on any atom is 0.265 e. The van der Waals surface area contributed by atoms with E-state index in [1.54, 1.807) is 29.9 Å². The molecule has 1 amide bonds. The van der Waals surface area contributed by atoms with Crippen molar-refractivity contribution in [3.63, 3.8) is 0 Å². The van der Waals surface area contributed by atoms with Gasteiger partial charge in [0.25, 0.3) is 5.91 Å². The van der Waals surface area contributed by atoms with E-state index in [4.69, 9.17) is 0 Å². The number of ketones is 1. The number of anilines is 1. The van der Waals surface area contributed by atoms with Crippen molar-refractivity contribution >= 4 is 28.7 Å². The number of nitrogens with zero attached hydrogens (tertiary/aromatic N) is 2. The zero-order valence-electron chi connectivity index (χ0n) is 12.1. The Bertz CT molecular complexity index is 871. The van der Waals surface area contributed by atoms with Crippen LogP contribution in [0.2, 0.25) is 0 Å². The van der Waals surface area contributed by atoms with Crippen LogP contribution in [0.3, 0.4) is 0 Å². The van der Waals surface area contributed by atoms with Gasteiger partial charge in [0.15, 0.2) is 11.6 Å². The fourth-order valence-electron chi connectivity index (χ4n) is 2.01. The third-order valence-electron chi connectivity index (χ3n) is 3.19. The Morgan fingerprint density at radius 3 is 2.74 bits per heavy atom. The maximum absolute atomic E-state index is 14.1. The predicted octanol–water partition coefficient (Wildman–Crippen LogP) is 3.53. The highest BCUT2D eigenvalue weighted by molar-refractivity contribution is 7.12. The highest BCUT2D eigenvalue weighted by Crippen LogP contribution is 2.20. The predicted molar refractivity (Wildman–Crippen MR) is 85.8 cm³/mol. The lowest BCUT2D eigenvalue weighted by atomic mass is 10.2. The number of hydrogen-bond donors (Lipinski definition) is 1. The number of Topliss-reactive ketones (excluding diaryl/α,β-unsaturated/α-hetero) is 1. The zero-order valence-corrected chi connectivity index (χ0v) is 12.9. The number of benzene rings is 1. The summed E-state index contributed by atoms with van der Waals surface area (Å²) in [6, 6.07) is 7.58. The number of thiophene rings is 1. The summed E-state index contributed by atoms with van der Waals surface area (Å²) in [5.41, 5.74) is 1.12. The second-order valence-corrected chi connectivity index (χ2v) is 5.74. The summed E-state index contributed by atoms with van der Waals surface area (Å²) >= 11 is 1.17. The van der Waals surface area contributed by atoms with E-state index < -0.39 is 5.82 Å². The summed E-state index contributed by atoms with van der Waals surface area (Å²) < 4.78 is 15.5. The van der Waals surface area contributed by atoms with Gasteiger partial charge in [0, 0.05) is 29.0 Å². The van der Waals surface area contributed by atoms with Gasteiger partial charge in [-0.3, -0.25) is 9.59 Å². The van der Waals surface area contributed by atoms with Crippen LogP contribution in [-0.4, -0.2) is 21.5 Å². The normalized spacial score (nSPS) is 10.5. The van der Waals surface area contributed by atoms with Crippen molar-refractivity contribution < 1.29 is 14.0 Å². The first kappa shape index (κ1) is 15.1. The largest absolute Gasteiger partial charge is 0.321 e. The number of aromatic nitrogens is 2. The van der Waals surface area contributed by atoms with E-state index in [1.807, 2.05) is 0 Å². The Kier molecular flexibility index (Phi) is 4.03. The third kappa shape index (κ3) is 3.19. The molecule has 1 aromatic carbocycles. The smallest absolute Gasteiger partial charge is 0.265 e. The van der Waals surface area contributed by atoms with E-state index in [2.05, 4.69) is 10.4 Å². The topological polar surface area (TPSA) is 64.0 Å². The molecular formula is C16H12FN3O2S. The molecule has 0 saturated heterocycles. The quantitative estimate of drug-likeness (QED) is 0.745. The molecule has 5 nitrogen and oxygen atoms in total. The van der Waals surface area contributed by atoms with E-state index in [9.17, 15) is 14.0 Å². The van der Waals surface area contributed by atoms with E-state index in [-0.39, 0.29) is 11.7 Å². The molecule has 0 spiro atoms. The van der Waals surface area contributed by atoms with Crippen molar-refractivity contribution in [3.8, 4) is 5.69 Å². The monoisotopic (exact) mass is 329 g/mol. The Labute approximate surface area is 135 Å². The van der Waals surface area contributed by atoms with Crippen molar-refractivity contribution in [2.24, 2.45) is 0 Å². The van der Waals surface area contributed by atoms with E-state index in [1.165, 1.54) is 41.1 Å². The van der Waals surface area contributed by atoms with Gasteiger partial charge in [0.05, 0.1) is 4.88 Å². The van der Waals surface area contributed by atoms with Gasteiger partial charge in [-0.1, -0.05) is 0 Å². The first-order chi connectivity index (χ1) is 11.0. The Hall–Kier alpha value is -2.80. The van der Waals surface area contributed by atoms with Gasteiger partial charge in [-0.05, 0) is 37.3 Å². The second kappa shape index (κ2) is 6.13. The Morgan fingerprint density at radius 2 is 2.13 bits per heavy atom. The highest BCUT2D eigenvalue weighted by Gasteiger charge is 2.13. The number of carbonyl (C=O) groups is 2. The van der Waals surface area contributed by atoms with Gasteiger partial charge in [-0.25, -0.2) is 9.07 Å². The zero-order chi connectivity index (χ0) is 16.4. The summed E-state index contributed by atoms with van der Waals surface area (Å²) in [7, 11) is 0. The highest BCUT2D eigenvalue weighted by atomic mass is 32.1. The summed E-state index contributed by atoms with van der Waals surface area (Å²) in [5, 5.41) is 8.20. The minimum absolute atomic E-state index is 0.102. The molecule has 7 heteroatoms. The van der Waals surface area contributed by atoms with Gasteiger partial charge in [-0.2, -0.15) is 5.10 Å². The van der Waals surface area contributed by atoms with Crippen LogP contribution in [0.4, 0.5) is 10.1 Å². The summed E-state index contributed by atoms with van der Waals surface area (Å²) in [6.45, 7) is 1.44. The van der Waals surface area contributed by atoms with Crippen molar-refractivity contribution in [2.45, 2.75) is 6.92 Å². The molecule has 0 bridgehead atoms. The van der Waals surface area contributed by atoms with Crippen molar-refractivity contribution in [1.29, 1.82) is 0 Å². The molecule has 0 saturated carbocycles. The fraction of sp³-hybridized carbons (Fsp3) is 0.0625. The van der Waals surface area contributed by atoms with Gasteiger partial charge in [0.1, 0.15) is 5.69 Å². The van der Waals surface area contributed by atoms with Crippen LogP contribution in [0.15, 0.2) is 48.1 Å². The molecule has 0 atom stereocenters. The molecular weight excluding hydrogens is 317 g/mol. The molecule has 23 heavy (non-hydrogen) atoms. The van der Waals surface area contributed by atoms with Gasteiger partial charge in [-0.15, -0.1) is 11.3 Å². The molecule has 0 fully saturated rings. The summed E-state index contributed by atoms with van der Waals surface area (Å²) in [5.74, 6) is -0.981. The van der Waals surface area contributed by atoms with Crippen molar-refractivity contribution in [1.82, 2.24) is 9.78 Å². The molecule has 0 aliphatic heterocycles. The Balaban J connectivity index is 1.78. The van der Waals surface area contributed by atoms with Crippen LogP contribution in [0.5, 0.6) is 0 Å². The van der Waals surface area contributed by atoms with Gasteiger partial charge in [0.2, 0.25) is 0 Å². The van der Waals surface area contributed by atoms with Crippen molar-refractivity contribution in [2.75, 3.05) is 5.32 Å². The van der Waals surface area contributed by atoms with Crippen LogP contribution in [0, 0.1) is 5.82 Å². The van der Waals surface area contributed by atoms with Crippen LogP contribution in [0.25, 0.3) is 5.69 Å². The van der Waals surface area contributed by atoms with Crippen LogP contribution < -0.4 is 5.32 Å². The molecule has 3 rings (SSSR count). The first-order valence-electron chi connectivity index (χ1n) is 6.75. The molecule has 0 unspecified atom stereocenters. The minimum Gasteiger partial charge on any atom is -0.321 e. The average Bonchev–Trinajstić information content (AvgIpc) is 3.19. The number of hydrogen-bond acceptors (Lipinski definition) is 4. The molecule has 0 radical (unpaired) electrons. The summed E-state index contributed by atoms with van der Waals surface area (Å²) in [6.07, 6.45) is 3.18. The van der Waals surface area contributed by atoms with Crippen molar-refractivity contribution in [3.05, 3.63) is 64.4 Å². The lowest BCUT2D eigenvalue weighted by Crippen LogP contribution is -2.11. The van der Waals surface area contributed by atoms with Gasteiger partial charge >= 0.3 is 0 Å². The average molecular weight is 329 g/mol. The molecule has 1 N–H and O–H groups in total. The maximum atomic E-state index is 14.1. The summed E-state index contributed by atoms with van der Waals surface area (Å²) in [4.78, 5) is 23.8. The molecule has 2 heterocycles. The standard InChI is InChI=1S/C16H12FN3O2S/c1-10(21)11-7-15(23-9-11)16(22)19-12-3-4-14(13(17)8-12)20-6-2-5-18-20/h2-9H,1H3,(H,19,22). The molecule has 0 aliphatic carbocycles. The lowest BCUT2D eigenvalue weighted by molar-refractivity contribution is 0.101. The molecule has 0 aliphatic rings. The Morgan fingerprint density at radius 1 is 1.30 bits per heavy atom. The number of nitrogens with one attached hydrogen (secondary N) is 1. The number of rotatable bonds is 4. The fourth-order valence-corrected chi connectivity index (χ4v) is 2.86. The van der Waals surface area contributed by atoms with Crippen LogP contribution in [0.1, 0.15) is 27.0 Å². The van der Waals surface area contributed by atoms with E-state index >= 15 is 0 Å². The minimum atomic E-state index is -0.498. The number of halogens is 1. The third-order valence-corrected chi connectivity index (χ3v) is 4.12. The molecule has 116 valence electrons. The number of amides is 1. The van der Waals surface area contributed by atoms with Crippen LogP contribution in [-0.2, 0) is 0 Å².